The van der Waals surface area contributed by atoms with Crippen molar-refractivity contribution in [3.05, 3.63) is 70.7 Å². The van der Waals surface area contributed by atoms with Gasteiger partial charge in [0, 0.05) is 11.4 Å². The smallest absolute Gasteiger partial charge is 0.258 e. The van der Waals surface area contributed by atoms with Crippen molar-refractivity contribution >= 4 is 34.8 Å². The van der Waals surface area contributed by atoms with Crippen LogP contribution in [-0.2, 0) is 4.79 Å². The van der Waals surface area contributed by atoms with E-state index in [9.17, 15) is 4.79 Å². The molecule has 0 saturated heterocycles. The van der Waals surface area contributed by atoms with Gasteiger partial charge in [-0.1, -0.05) is 54.1 Å². The zero-order valence-electron chi connectivity index (χ0n) is 11.7. The Balaban J connectivity index is 1.94. The van der Waals surface area contributed by atoms with E-state index in [4.69, 9.17) is 23.2 Å². The molecule has 0 fully saturated rings. The van der Waals surface area contributed by atoms with Crippen LogP contribution in [0.1, 0.15) is 23.6 Å². The number of hydrogen-bond donors (Lipinski definition) is 0. The number of alkyl halides is 1. The van der Waals surface area contributed by atoms with Gasteiger partial charge in [0.1, 0.15) is 5.88 Å². The van der Waals surface area contributed by atoms with Gasteiger partial charge in [-0.3, -0.25) is 4.79 Å². The molecule has 0 aromatic heterocycles. The number of nitrogens with zero attached hydrogens (tertiary/aromatic N) is 2. The molecule has 3 rings (SSSR count). The third kappa shape index (κ3) is 3.01. The minimum atomic E-state index is -0.201. The maximum absolute atomic E-state index is 12.1. The second-order valence-corrected chi connectivity index (χ2v) is 5.76. The molecule has 3 nitrogen and oxygen atoms in total. The van der Waals surface area contributed by atoms with Gasteiger partial charge in [0.25, 0.3) is 5.91 Å². The van der Waals surface area contributed by atoms with Crippen molar-refractivity contribution in [1.82, 2.24) is 5.01 Å². The Morgan fingerprint density at radius 2 is 1.82 bits per heavy atom. The maximum Gasteiger partial charge on any atom is 0.258 e. The summed E-state index contributed by atoms with van der Waals surface area (Å²) in [5.74, 6) is -0.289. The number of amides is 1. The van der Waals surface area contributed by atoms with Crippen LogP contribution in [-0.4, -0.2) is 22.5 Å². The topological polar surface area (TPSA) is 32.7 Å². The van der Waals surface area contributed by atoms with Gasteiger partial charge in [0.2, 0.25) is 0 Å². The summed E-state index contributed by atoms with van der Waals surface area (Å²) < 4.78 is 0. The van der Waals surface area contributed by atoms with Gasteiger partial charge in [-0.25, -0.2) is 5.01 Å². The predicted octanol–water partition coefficient (Wildman–Crippen LogP) is 4.26. The van der Waals surface area contributed by atoms with Gasteiger partial charge in [-0.05, 0) is 23.3 Å². The van der Waals surface area contributed by atoms with Gasteiger partial charge in [-0.15, -0.1) is 11.6 Å². The van der Waals surface area contributed by atoms with Crippen molar-refractivity contribution in [2.75, 3.05) is 5.88 Å². The molecule has 112 valence electrons. The van der Waals surface area contributed by atoms with E-state index in [1.54, 1.807) is 0 Å². The van der Waals surface area contributed by atoms with Crippen molar-refractivity contribution in [2.45, 2.75) is 12.5 Å². The third-order valence-electron chi connectivity index (χ3n) is 3.64. The third-order valence-corrected chi connectivity index (χ3v) is 4.12. The summed E-state index contributed by atoms with van der Waals surface area (Å²) in [5, 5.41) is 6.64. The van der Waals surface area contributed by atoms with E-state index in [-0.39, 0.29) is 17.8 Å². The summed E-state index contributed by atoms with van der Waals surface area (Å²) >= 11 is 11.7. The predicted molar refractivity (Wildman–Crippen MR) is 89.4 cm³/mol. The lowest BCUT2D eigenvalue weighted by atomic mass is 9.98. The molecular formula is C17H14Cl2N2O. The first-order chi connectivity index (χ1) is 10.7. The van der Waals surface area contributed by atoms with Crippen LogP contribution in [0.4, 0.5) is 0 Å². The molecule has 5 heteroatoms. The van der Waals surface area contributed by atoms with Crippen molar-refractivity contribution < 1.29 is 4.79 Å². The van der Waals surface area contributed by atoms with Crippen LogP contribution in [0.5, 0.6) is 0 Å². The highest BCUT2D eigenvalue weighted by molar-refractivity contribution is 6.30. The molecule has 2 aromatic carbocycles. The summed E-state index contributed by atoms with van der Waals surface area (Å²) in [6.07, 6.45) is 0.661. The molecule has 0 radical (unpaired) electrons. The van der Waals surface area contributed by atoms with Crippen molar-refractivity contribution in [3.63, 3.8) is 0 Å². The van der Waals surface area contributed by atoms with E-state index >= 15 is 0 Å². The van der Waals surface area contributed by atoms with Gasteiger partial charge in [-0.2, -0.15) is 5.10 Å². The molecule has 0 saturated carbocycles. The van der Waals surface area contributed by atoms with E-state index in [0.29, 0.717) is 11.4 Å². The Labute approximate surface area is 139 Å². The highest BCUT2D eigenvalue weighted by atomic mass is 35.5. The van der Waals surface area contributed by atoms with Crippen LogP contribution in [0, 0.1) is 0 Å². The van der Waals surface area contributed by atoms with Crippen LogP contribution in [0.25, 0.3) is 0 Å². The largest absolute Gasteiger partial charge is 0.272 e. The van der Waals surface area contributed by atoms with Gasteiger partial charge < -0.3 is 0 Å². The molecule has 2 aromatic rings. The SMILES string of the molecule is O=C(CCl)N1N=C(c2ccccc2)CC1c1ccc(Cl)cc1. The van der Waals surface area contributed by atoms with E-state index in [1.807, 2.05) is 54.6 Å². The number of benzene rings is 2. The van der Waals surface area contributed by atoms with Gasteiger partial charge >= 0.3 is 0 Å². The molecule has 0 bridgehead atoms. The lowest BCUT2D eigenvalue weighted by molar-refractivity contribution is -0.130. The molecule has 22 heavy (non-hydrogen) atoms. The molecule has 0 aliphatic carbocycles. The maximum atomic E-state index is 12.1. The quantitative estimate of drug-likeness (QED) is 0.773. The lowest BCUT2D eigenvalue weighted by Crippen LogP contribution is -2.27. The minimum absolute atomic E-state index is 0.0876. The molecule has 1 unspecified atom stereocenters. The molecule has 0 spiro atoms. The van der Waals surface area contributed by atoms with E-state index in [1.165, 1.54) is 5.01 Å². The number of rotatable bonds is 3. The Bertz CT molecular complexity index is 698. The van der Waals surface area contributed by atoms with Crippen molar-refractivity contribution in [1.29, 1.82) is 0 Å². The Morgan fingerprint density at radius 1 is 1.14 bits per heavy atom. The second-order valence-electron chi connectivity index (χ2n) is 5.06. The molecule has 1 aliphatic heterocycles. The summed E-state index contributed by atoms with van der Waals surface area (Å²) in [6, 6.07) is 17.2. The molecule has 1 heterocycles. The number of carbonyl (C=O) groups is 1. The minimum Gasteiger partial charge on any atom is -0.272 e. The van der Waals surface area contributed by atoms with E-state index < -0.39 is 0 Å². The van der Waals surface area contributed by atoms with Crippen LogP contribution in [0.15, 0.2) is 59.7 Å². The Hall–Kier alpha value is -1.84. The van der Waals surface area contributed by atoms with Crippen LogP contribution < -0.4 is 0 Å². The fraction of sp³-hybridized carbons (Fsp3) is 0.176. The highest BCUT2D eigenvalue weighted by Gasteiger charge is 2.32. The molecule has 1 aliphatic rings. The Morgan fingerprint density at radius 3 is 2.45 bits per heavy atom. The number of hydrogen-bond acceptors (Lipinski definition) is 2. The van der Waals surface area contributed by atoms with Crippen LogP contribution >= 0.6 is 23.2 Å². The van der Waals surface area contributed by atoms with Gasteiger partial charge in [0.15, 0.2) is 0 Å². The van der Waals surface area contributed by atoms with E-state index in [2.05, 4.69) is 5.10 Å². The zero-order valence-corrected chi connectivity index (χ0v) is 13.3. The average Bonchev–Trinajstić information content (AvgIpc) is 3.01. The van der Waals surface area contributed by atoms with Crippen molar-refractivity contribution in [3.8, 4) is 0 Å². The molecule has 1 amide bonds. The standard InChI is InChI=1S/C17H14Cl2N2O/c18-11-17(22)21-16(13-6-8-14(19)9-7-13)10-15(20-21)12-4-2-1-3-5-12/h1-9,16H,10-11H2. The second kappa shape index (κ2) is 6.51. The van der Waals surface area contributed by atoms with Crippen LogP contribution in [0.2, 0.25) is 5.02 Å². The first-order valence-corrected chi connectivity index (χ1v) is 7.86. The number of carbonyl (C=O) groups excluding carboxylic acids is 1. The number of hydrazone groups is 1. The molecule has 1 atom stereocenters. The average molecular weight is 333 g/mol. The highest BCUT2D eigenvalue weighted by Crippen LogP contribution is 2.33. The summed E-state index contributed by atoms with van der Waals surface area (Å²) in [4.78, 5) is 12.1. The van der Waals surface area contributed by atoms with Crippen LogP contribution in [0.3, 0.4) is 0 Å². The monoisotopic (exact) mass is 332 g/mol. The lowest BCUT2D eigenvalue weighted by Gasteiger charge is -2.21. The summed E-state index contributed by atoms with van der Waals surface area (Å²) in [6.45, 7) is 0. The van der Waals surface area contributed by atoms with Gasteiger partial charge in [0.05, 0.1) is 11.8 Å². The number of halogens is 2. The summed E-state index contributed by atoms with van der Waals surface area (Å²) in [5.41, 5.74) is 2.91. The summed E-state index contributed by atoms with van der Waals surface area (Å²) in [7, 11) is 0. The first-order valence-electron chi connectivity index (χ1n) is 6.95. The zero-order chi connectivity index (χ0) is 15.5. The normalized spacial score (nSPS) is 17.5. The molecular weight excluding hydrogens is 319 g/mol. The first kappa shape index (κ1) is 15.1. The van der Waals surface area contributed by atoms with Crippen molar-refractivity contribution in [2.24, 2.45) is 5.10 Å². The Kier molecular flexibility index (Phi) is 4.46. The fourth-order valence-corrected chi connectivity index (χ4v) is 2.80. The van der Waals surface area contributed by atoms with E-state index in [0.717, 1.165) is 16.8 Å². The molecule has 0 N–H and O–H groups in total. The fourth-order valence-electron chi connectivity index (χ4n) is 2.55.